The van der Waals surface area contributed by atoms with E-state index in [1.807, 2.05) is 38.3 Å². The fourth-order valence-electron chi connectivity index (χ4n) is 2.38. The third-order valence-electron chi connectivity index (χ3n) is 3.65. The third-order valence-corrected chi connectivity index (χ3v) is 4.23. The fourth-order valence-corrected chi connectivity index (χ4v) is 2.80. The Morgan fingerprint density at radius 1 is 1.30 bits per heavy atom. The summed E-state index contributed by atoms with van der Waals surface area (Å²) in [6.07, 6.45) is 2.48. The summed E-state index contributed by atoms with van der Waals surface area (Å²) in [6.45, 7) is 5.77. The average molecular weight is 331 g/mol. The molecule has 0 atom stereocenters. The second-order valence-electron chi connectivity index (χ2n) is 5.51. The number of carbonyl (C=O) groups is 1. The molecule has 1 aromatic heterocycles. The van der Waals surface area contributed by atoms with E-state index in [1.54, 1.807) is 6.92 Å². The number of rotatable bonds is 5. The Kier molecular flexibility index (Phi) is 5.60. The molecule has 5 nitrogen and oxygen atoms in total. The minimum absolute atomic E-state index is 0.107. The second kappa shape index (κ2) is 7.46. The molecule has 2 N–H and O–H groups in total. The van der Waals surface area contributed by atoms with E-state index >= 15 is 0 Å². The molecule has 0 unspecified atom stereocenters. The summed E-state index contributed by atoms with van der Waals surface area (Å²) in [5.41, 5.74) is 4.07. The van der Waals surface area contributed by atoms with Gasteiger partial charge in [-0.25, -0.2) is 4.98 Å². The van der Waals surface area contributed by atoms with E-state index in [4.69, 9.17) is 0 Å². The maximum Gasteiger partial charge on any atom is 0.254 e. The summed E-state index contributed by atoms with van der Waals surface area (Å²) < 4.78 is 0. The van der Waals surface area contributed by atoms with Gasteiger partial charge in [0.25, 0.3) is 5.56 Å². The van der Waals surface area contributed by atoms with Crippen LogP contribution in [0.4, 0.5) is 5.69 Å². The maximum absolute atomic E-state index is 12.1. The van der Waals surface area contributed by atoms with Gasteiger partial charge in [-0.1, -0.05) is 29.5 Å². The lowest BCUT2D eigenvalue weighted by atomic mass is 10.1. The molecule has 1 heterocycles. The lowest BCUT2D eigenvalue weighted by Gasteiger charge is -2.10. The Morgan fingerprint density at radius 2 is 2.04 bits per heavy atom. The molecule has 122 valence electrons. The SMILES string of the molecule is CSc1nc(C)c(CCC(=O)Nc2ccc(C)cc2C)c(=O)[nH]1. The van der Waals surface area contributed by atoms with E-state index < -0.39 is 0 Å². The van der Waals surface area contributed by atoms with Gasteiger partial charge < -0.3 is 10.3 Å². The molecule has 6 heteroatoms. The van der Waals surface area contributed by atoms with Gasteiger partial charge in [-0.2, -0.15) is 0 Å². The maximum atomic E-state index is 12.1. The molecule has 0 saturated carbocycles. The number of amides is 1. The predicted octanol–water partition coefficient (Wildman–Crippen LogP) is 2.99. The summed E-state index contributed by atoms with van der Waals surface area (Å²) in [7, 11) is 0. The number of anilines is 1. The number of nitrogens with one attached hydrogen (secondary N) is 2. The van der Waals surface area contributed by atoms with Gasteiger partial charge in [0.1, 0.15) is 0 Å². The summed E-state index contributed by atoms with van der Waals surface area (Å²) >= 11 is 1.39. The highest BCUT2D eigenvalue weighted by atomic mass is 32.2. The molecule has 0 spiro atoms. The number of hydrogen-bond donors (Lipinski definition) is 2. The van der Waals surface area contributed by atoms with E-state index in [-0.39, 0.29) is 17.9 Å². The van der Waals surface area contributed by atoms with Crippen molar-refractivity contribution in [2.24, 2.45) is 0 Å². The van der Waals surface area contributed by atoms with Crippen LogP contribution in [-0.4, -0.2) is 22.1 Å². The minimum atomic E-state index is -0.166. The molecule has 2 rings (SSSR count). The molecule has 0 aliphatic heterocycles. The number of aromatic nitrogens is 2. The van der Waals surface area contributed by atoms with Crippen LogP contribution in [0.3, 0.4) is 0 Å². The van der Waals surface area contributed by atoms with Gasteiger partial charge >= 0.3 is 0 Å². The van der Waals surface area contributed by atoms with E-state index in [2.05, 4.69) is 15.3 Å². The topological polar surface area (TPSA) is 74.8 Å². The molecule has 0 saturated heterocycles. The van der Waals surface area contributed by atoms with E-state index in [0.717, 1.165) is 16.8 Å². The van der Waals surface area contributed by atoms with Gasteiger partial charge in [-0.15, -0.1) is 0 Å². The Morgan fingerprint density at radius 3 is 2.65 bits per heavy atom. The highest BCUT2D eigenvalue weighted by molar-refractivity contribution is 7.98. The van der Waals surface area contributed by atoms with Gasteiger partial charge in [0.15, 0.2) is 5.16 Å². The lowest BCUT2D eigenvalue weighted by Crippen LogP contribution is -2.20. The number of aryl methyl sites for hydroxylation is 3. The first-order chi connectivity index (χ1) is 10.9. The first-order valence-corrected chi connectivity index (χ1v) is 8.64. The number of thioether (sulfide) groups is 1. The molecular weight excluding hydrogens is 310 g/mol. The number of aromatic amines is 1. The summed E-state index contributed by atoms with van der Waals surface area (Å²) in [6, 6.07) is 5.88. The Balaban J connectivity index is 2.03. The summed E-state index contributed by atoms with van der Waals surface area (Å²) in [5, 5.41) is 3.49. The van der Waals surface area contributed by atoms with Crippen LogP contribution in [0.2, 0.25) is 0 Å². The highest BCUT2D eigenvalue weighted by Crippen LogP contribution is 2.16. The van der Waals surface area contributed by atoms with Crippen molar-refractivity contribution in [2.45, 2.75) is 38.8 Å². The van der Waals surface area contributed by atoms with Crippen molar-refractivity contribution in [3.63, 3.8) is 0 Å². The smallest absolute Gasteiger partial charge is 0.254 e. The van der Waals surface area contributed by atoms with Crippen molar-refractivity contribution in [1.82, 2.24) is 9.97 Å². The van der Waals surface area contributed by atoms with Crippen molar-refractivity contribution < 1.29 is 4.79 Å². The number of benzene rings is 1. The van der Waals surface area contributed by atoms with Gasteiger partial charge in [-0.3, -0.25) is 9.59 Å². The summed E-state index contributed by atoms with van der Waals surface area (Å²) in [5.74, 6) is -0.107. The van der Waals surface area contributed by atoms with Gasteiger partial charge in [0.05, 0.1) is 0 Å². The van der Waals surface area contributed by atoms with Crippen LogP contribution in [0.1, 0.15) is 28.8 Å². The fraction of sp³-hybridized carbons (Fsp3) is 0.353. The van der Waals surface area contributed by atoms with Crippen LogP contribution in [0.25, 0.3) is 0 Å². The molecule has 0 radical (unpaired) electrons. The Bertz CT molecular complexity index is 784. The zero-order valence-corrected chi connectivity index (χ0v) is 14.6. The zero-order valence-electron chi connectivity index (χ0n) is 13.8. The minimum Gasteiger partial charge on any atom is -0.326 e. The molecule has 1 aromatic carbocycles. The first kappa shape index (κ1) is 17.3. The standard InChI is InChI=1S/C17H21N3O2S/c1-10-5-7-14(11(2)9-10)19-15(21)8-6-13-12(3)18-17(23-4)20-16(13)22/h5,7,9H,6,8H2,1-4H3,(H,19,21)(H,18,20,22). The number of carbonyl (C=O) groups excluding carboxylic acids is 1. The molecular formula is C17H21N3O2S. The number of hydrogen-bond acceptors (Lipinski definition) is 4. The van der Waals surface area contributed by atoms with Gasteiger partial charge in [0.2, 0.25) is 5.91 Å². The molecule has 0 aliphatic carbocycles. The number of H-pyrrole nitrogens is 1. The van der Waals surface area contributed by atoms with E-state index in [9.17, 15) is 9.59 Å². The predicted molar refractivity (Wildman–Crippen MR) is 94.2 cm³/mol. The van der Waals surface area contributed by atoms with Crippen LogP contribution in [0, 0.1) is 20.8 Å². The third kappa shape index (κ3) is 4.45. The largest absolute Gasteiger partial charge is 0.326 e. The average Bonchev–Trinajstić information content (AvgIpc) is 2.49. The van der Waals surface area contributed by atoms with Gasteiger partial charge in [0, 0.05) is 23.4 Å². The normalized spacial score (nSPS) is 10.6. The monoisotopic (exact) mass is 331 g/mol. The van der Waals surface area contributed by atoms with Crippen LogP contribution in [0.15, 0.2) is 28.2 Å². The lowest BCUT2D eigenvalue weighted by molar-refractivity contribution is -0.116. The van der Waals surface area contributed by atoms with Crippen molar-refractivity contribution in [2.75, 3.05) is 11.6 Å². The van der Waals surface area contributed by atoms with Crippen LogP contribution < -0.4 is 10.9 Å². The van der Waals surface area contributed by atoms with Crippen LogP contribution in [-0.2, 0) is 11.2 Å². The van der Waals surface area contributed by atoms with Crippen LogP contribution in [0.5, 0.6) is 0 Å². The quantitative estimate of drug-likeness (QED) is 0.652. The Hall–Kier alpha value is -2.08. The molecule has 1 amide bonds. The molecule has 0 fully saturated rings. The van der Waals surface area contributed by atoms with Crippen LogP contribution >= 0.6 is 11.8 Å². The summed E-state index contributed by atoms with van der Waals surface area (Å²) in [4.78, 5) is 31.2. The second-order valence-corrected chi connectivity index (χ2v) is 6.30. The van der Waals surface area contributed by atoms with Crippen molar-refractivity contribution in [3.8, 4) is 0 Å². The van der Waals surface area contributed by atoms with E-state index in [0.29, 0.717) is 22.8 Å². The van der Waals surface area contributed by atoms with Crippen molar-refractivity contribution in [1.29, 1.82) is 0 Å². The zero-order chi connectivity index (χ0) is 17.0. The molecule has 0 bridgehead atoms. The highest BCUT2D eigenvalue weighted by Gasteiger charge is 2.11. The molecule has 2 aromatic rings. The first-order valence-electron chi connectivity index (χ1n) is 7.41. The van der Waals surface area contributed by atoms with E-state index in [1.165, 1.54) is 11.8 Å². The van der Waals surface area contributed by atoms with Crippen molar-refractivity contribution in [3.05, 3.63) is 50.9 Å². The molecule has 23 heavy (non-hydrogen) atoms. The van der Waals surface area contributed by atoms with Crippen molar-refractivity contribution >= 4 is 23.4 Å². The van der Waals surface area contributed by atoms with Gasteiger partial charge in [-0.05, 0) is 45.1 Å². The Labute approximate surface area is 139 Å². The molecule has 0 aliphatic rings. The number of nitrogens with zero attached hydrogens (tertiary/aromatic N) is 1.